The minimum atomic E-state index is -4.67. The predicted octanol–water partition coefficient (Wildman–Crippen LogP) is -9.91. The first-order valence-corrected chi connectivity index (χ1v) is 5.18. The van der Waals surface area contributed by atoms with Gasteiger partial charge >= 0.3 is 125 Å². The molecule has 21 heavy (non-hydrogen) atoms. The molecular weight excluding hydrogens is 374 g/mol. The summed E-state index contributed by atoms with van der Waals surface area (Å²) in [6, 6.07) is -0.833. The normalized spacial score (nSPS) is 10.7. The smallest absolute Gasteiger partial charge is 0.652 e. The van der Waals surface area contributed by atoms with Crippen LogP contribution in [0.15, 0.2) is 0 Å². The Labute approximate surface area is 204 Å². The molecule has 0 aromatic rings. The van der Waals surface area contributed by atoms with Crippen LogP contribution in [-0.2, 0) is 19.9 Å². The van der Waals surface area contributed by atoms with Crippen molar-refractivity contribution in [3.8, 4) is 0 Å². The zero-order valence-corrected chi connectivity index (χ0v) is 18.1. The molecule has 0 aromatic heterocycles. The van der Waals surface area contributed by atoms with Gasteiger partial charge in [-0.05, 0) is 6.16 Å². The van der Waals surface area contributed by atoms with Crippen LogP contribution in [0.3, 0.4) is 0 Å². The average Bonchev–Trinajstić information content (AvgIpc) is 2.49. The number of urea groups is 1. The number of ether oxygens (including phenoxy) is 2. The number of amides is 2. The van der Waals surface area contributed by atoms with Gasteiger partial charge in [0, 0.05) is 0 Å². The van der Waals surface area contributed by atoms with Crippen LogP contribution in [0.5, 0.6) is 0 Å². The summed E-state index contributed by atoms with van der Waals surface area (Å²) in [5.74, 6) is 0. The molecule has 1 aliphatic rings. The van der Waals surface area contributed by atoms with Gasteiger partial charge in [-0.25, -0.2) is 9.59 Å². The molecule has 114 valence electrons. The molecule has 1 fully saturated rings. The van der Waals surface area contributed by atoms with E-state index in [1.54, 1.807) is 0 Å². The van der Waals surface area contributed by atoms with Gasteiger partial charge in [0.15, 0.2) is 0 Å². The number of primary amides is 2. The number of rotatable bonds is 0. The molecule has 1 saturated heterocycles. The van der Waals surface area contributed by atoms with Crippen LogP contribution in [0.1, 0.15) is 0 Å². The standard InChI is InChI=1S/C3H4O3.CH4N2O.CH2O3.2K.H2O4S/c4-3-5-1-2-6-3;2*2-1(3)4;;;1-5(2,3)4/h1-2H2;(H4,2,3,4);(H2,2,3,4);;;(H2,1,2,3,4)/q;;;2*+1;/p-2. The summed E-state index contributed by atoms with van der Waals surface area (Å²) in [6.45, 7) is 0.831. The number of hydrogen-bond donors (Lipinski definition) is 4. The molecule has 0 bridgehead atoms. The van der Waals surface area contributed by atoms with Gasteiger partial charge in [0.25, 0.3) is 0 Å². The summed E-state index contributed by atoms with van der Waals surface area (Å²) in [5, 5.41) is 16.7. The summed E-state index contributed by atoms with van der Waals surface area (Å²) < 4.78 is 40.2. The molecule has 1 aliphatic heterocycles. The molecule has 0 aliphatic carbocycles. The minimum Gasteiger partial charge on any atom is -0.652 e. The van der Waals surface area contributed by atoms with Crippen molar-refractivity contribution in [3.63, 3.8) is 0 Å². The molecule has 13 nitrogen and oxygen atoms in total. The van der Waals surface area contributed by atoms with E-state index in [9.17, 15) is 4.79 Å². The van der Waals surface area contributed by atoms with Crippen molar-refractivity contribution in [1.29, 1.82) is 0 Å². The van der Waals surface area contributed by atoms with Crippen LogP contribution in [0.2, 0.25) is 0 Å². The molecule has 0 aromatic carbocycles. The molecule has 1 rings (SSSR count). The zero-order valence-electron chi connectivity index (χ0n) is 11.0. The number of carbonyl (C=O) groups excluding carboxylic acids is 3. The maximum Gasteiger partial charge on any atom is 1.00 e. The van der Waals surface area contributed by atoms with Gasteiger partial charge in [0.2, 0.25) is 0 Å². The van der Waals surface area contributed by atoms with Crippen LogP contribution < -0.4 is 124 Å². The van der Waals surface area contributed by atoms with E-state index in [0.717, 1.165) is 0 Å². The van der Waals surface area contributed by atoms with Crippen LogP contribution in [-0.4, -0.2) is 49.1 Å². The third-order valence-corrected chi connectivity index (χ3v) is 0.523. The number of nitrogens with two attached hydrogens (primary N) is 2. The molecule has 1 heterocycles. The van der Waals surface area contributed by atoms with Crippen LogP contribution in [0.4, 0.5) is 14.4 Å². The molecule has 0 saturated carbocycles. The maximum absolute atomic E-state index is 9.80. The zero-order chi connectivity index (χ0) is 16.1. The maximum atomic E-state index is 9.80. The SMILES string of the molecule is NC(N)=O.O=C([O-])[O-].O=C1OCCO1.O=S(=O)(O)O.[K+].[K+]. The Bertz CT molecular complexity index is 350. The van der Waals surface area contributed by atoms with E-state index < -0.39 is 28.7 Å². The molecule has 6 N–H and O–H groups in total. The molecular formula is C5H10K2N2O11S. The second kappa shape index (κ2) is 21.0. The molecule has 2 amide bonds. The Morgan fingerprint density at radius 2 is 1.19 bits per heavy atom. The fourth-order valence-corrected chi connectivity index (χ4v) is 0.292. The quantitative estimate of drug-likeness (QED) is 0.173. The molecule has 16 heteroatoms. The Kier molecular flexibility index (Phi) is 33.5. The third kappa shape index (κ3) is 119. The van der Waals surface area contributed by atoms with Crippen LogP contribution >= 0.6 is 0 Å². The van der Waals surface area contributed by atoms with E-state index in [2.05, 4.69) is 20.9 Å². The first-order chi connectivity index (χ1) is 8.36. The Morgan fingerprint density at radius 3 is 1.24 bits per heavy atom. The topological polar surface area (TPSA) is 242 Å². The van der Waals surface area contributed by atoms with Crippen molar-refractivity contribution in [2.45, 2.75) is 0 Å². The second-order valence-corrected chi connectivity index (χ2v) is 2.94. The van der Waals surface area contributed by atoms with Crippen molar-refractivity contribution in [3.05, 3.63) is 0 Å². The summed E-state index contributed by atoms with van der Waals surface area (Å²) >= 11 is 0. The first-order valence-electron chi connectivity index (χ1n) is 3.78. The number of carboxylic acid groups (broad SMARTS) is 2. The van der Waals surface area contributed by atoms with Gasteiger partial charge in [0.05, 0.1) is 0 Å². The summed E-state index contributed by atoms with van der Waals surface area (Å²) in [7, 11) is -4.67. The molecule has 0 atom stereocenters. The van der Waals surface area contributed by atoms with Crippen molar-refractivity contribution < 1.29 is 154 Å². The number of cyclic esters (lactones) is 2. The van der Waals surface area contributed by atoms with Gasteiger partial charge in [-0.2, -0.15) is 8.42 Å². The fraction of sp³-hybridized carbons (Fsp3) is 0.400. The molecule has 0 unspecified atom stereocenters. The first kappa shape index (κ1) is 33.5. The van der Waals surface area contributed by atoms with Gasteiger partial charge in [-0.3, -0.25) is 9.11 Å². The van der Waals surface area contributed by atoms with Crippen molar-refractivity contribution >= 4 is 28.7 Å². The summed E-state index contributed by atoms with van der Waals surface area (Å²) in [5.41, 5.74) is 8.50. The van der Waals surface area contributed by atoms with E-state index in [0.29, 0.717) is 13.2 Å². The Morgan fingerprint density at radius 1 is 1.05 bits per heavy atom. The van der Waals surface area contributed by atoms with Gasteiger partial charge in [0.1, 0.15) is 13.2 Å². The molecule has 0 spiro atoms. The van der Waals surface area contributed by atoms with E-state index in [4.69, 9.17) is 37.3 Å². The van der Waals surface area contributed by atoms with Gasteiger partial charge in [-0.15, -0.1) is 0 Å². The summed E-state index contributed by atoms with van der Waals surface area (Å²) in [4.78, 5) is 27.1. The monoisotopic (exact) mass is 384 g/mol. The minimum absolute atomic E-state index is 0. The van der Waals surface area contributed by atoms with E-state index in [1.165, 1.54) is 0 Å². The van der Waals surface area contributed by atoms with E-state index in [1.807, 2.05) is 0 Å². The average molecular weight is 384 g/mol. The van der Waals surface area contributed by atoms with Gasteiger partial charge < -0.3 is 35.9 Å². The second-order valence-electron chi connectivity index (χ2n) is 2.05. The van der Waals surface area contributed by atoms with Crippen molar-refractivity contribution in [2.24, 2.45) is 11.5 Å². The predicted molar refractivity (Wildman–Crippen MR) is 50.6 cm³/mol. The van der Waals surface area contributed by atoms with E-state index in [-0.39, 0.29) is 103 Å². The van der Waals surface area contributed by atoms with Crippen LogP contribution in [0, 0.1) is 0 Å². The fourth-order valence-electron chi connectivity index (χ4n) is 0.292. The van der Waals surface area contributed by atoms with Crippen LogP contribution in [0.25, 0.3) is 0 Å². The Hall–Kier alpha value is 0.953. The molecule has 0 radical (unpaired) electrons. The van der Waals surface area contributed by atoms with E-state index >= 15 is 0 Å². The Balaban J connectivity index is -0.0000000535. The third-order valence-electron chi connectivity index (χ3n) is 0.523. The van der Waals surface area contributed by atoms with Crippen molar-refractivity contribution in [1.82, 2.24) is 0 Å². The number of carbonyl (C=O) groups is 3. The largest absolute Gasteiger partial charge is 1.00 e. The van der Waals surface area contributed by atoms with Crippen molar-refractivity contribution in [2.75, 3.05) is 13.2 Å². The summed E-state index contributed by atoms with van der Waals surface area (Å²) in [6.07, 6.45) is -2.88. The van der Waals surface area contributed by atoms with Gasteiger partial charge in [-0.1, -0.05) is 0 Å². The number of hydrogen-bond acceptors (Lipinski definition) is 9.